The van der Waals surface area contributed by atoms with Crippen LogP contribution in [-0.4, -0.2) is 57.9 Å². The first-order chi connectivity index (χ1) is 16.3. The van der Waals surface area contributed by atoms with Gasteiger partial charge in [-0.1, -0.05) is 38.1 Å². The molecule has 0 saturated carbocycles. The van der Waals surface area contributed by atoms with E-state index >= 15 is 0 Å². The average molecular weight is 466 g/mol. The fourth-order valence-corrected chi connectivity index (χ4v) is 4.16. The first kappa shape index (κ1) is 25.2. The summed E-state index contributed by atoms with van der Waals surface area (Å²) in [6, 6.07) is 14.3. The number of nitrogens with two attached hydrogens (primary N) is 1. The van der Waals surface area contributed by atoms with Crippen LogP contribution < -0.4 is 11.1 Å². The molecule has 8 nitrogen and oxygen atoms in total. The minimum Gasteiger partial charge on any atom is -0.508 e. The van der Waals surface area contributed by atoms with Crippen molar-refractivity contribution in [1.82, 2.24) is 15.1 Å². The minimum absolute atomic E-state index is 0.0449. The summed E-state index contributed by atoms with van der Waals surface area (Å²) in [5, 5.41) is 13.0. The Hall–Kier alpha value is -3.39. The van der Waals surface area contributed by atoms with Crippen LogP contribution in [0.5, 0.6) is 5.75 Å². The Balaban J connectivity index is 1.61. The minimum atomic E-state index is -1.02. The van der Waals surface area contributed by atoms with Gasteiger partial charge in [-0.25, -0.2) is 4.99 Å². The van der Waals surface area contributed by atoms with Crippen LogP contribution in [0.4, 0.5) is 0 Å². The highest BCUT2D eigenvalue weighted by Crippen LogP contribution is 2.24. The molecule has 2 aromatic carbocycles. The molecule has 1 aliphatic rings. The van der Waals surface area contributed by atoms with Crippen LogP contribution in [-0.2, 0) is 17.9 Å². The lowest BCUT2D eigenvalue weighted by Crippen LogP contribution is -2.47. The predicted octanol–water partition coefficient (Wildman–Crippen LogP) is 2.86. The van der Waals surface area contributed by atoms with E-state index in [4.69, 9.17) is 5.73 Å². The number of guanidine groups is 1. The van der Waals surface area contributed by atoms with E-state index in [9.17, 15) is 14.7 Å². The number of rotatable bonds is 11. The third kappa shape index (κ3) is 5.94. The second-order valence-electron chi connectivity index (χ2n) is 8.90. The Morgan fingerprint density at radius 2 is 1.79 bits per heavy atom. The summed E-state index contributed by atoms with van der Waals surface area (Å²) in [6.07, 6.45) is 1.84. The smallest absolute Gasteiger partial charge is 0.258 e. The maximum Gasteiger partial charge on any atom is 0.258 e. The van der Waals surface area contributed by atoms with Gasteiger partial charge in [0.25, 0.3) is 11.8 Å². The van der Waals surface area contributed by atoms with Gasteiger partial charge in [0.15, 0.2) is 11.5 Å². The van der Waals surface area contributed by atoms with Crippen molar-refractivity contribution in [2.24, 2.45) is 10.7 Å². The molecule has 2 aromatic rings. The van der Waals surface area contributed by atoms with Gasteiger partial charge in [-0.05, 0) is 55.2 Å². The van der Waals surface area contributed by atoms with E-state index in [1.807, 2.05) is 35.2 Å². The van der Waals surface area contributed by atoms with Crippen LogP contribution in [0.2, 0.25) is 0 Å². The number of hydrogen-bond donors (Lipinski definition) is 3. The van der Waals surface area contributed by atoms with Gasteiger partial charge in [0, 0.05) is 31.7 Å². The quantitative estimate of drug-likeness (QED) is 0.473. The number of phenols is 1. The molecule has 1 unspecified atom stereocenters. The largest absolute Gasteiger partial charge is 0.508 e. The van der Waals surface area contributed by atoms with Crippen LogP contribution >= 0.6 is 0 Å². The summed E-state index contributed by atoms with van der Waals surface area (Å²) in [6.45, 7) is 8.43. The molecule has 1 heterocycles. The van der Waals surface area contributed by atoms with E-state index in [1.165, 1.54) is 4.90 Å². The highest BCUT2D eigenvalue weighted by molar-refractivity contribution is 6.06. The van der Waals surface area contributed by atoms with Crippen molar-refractivity contribution in [1.29, 1.82) is 0 Å². The van der Waals surface area contributed by atoms with Crippen LogP contribution in [0, 0.1) is 0 Å². The van der Waals surface area contributed by atoms with Gasteiger partial charge in [-0.15, -0.1) is 0 Å². The third-order valence-electron chi connectivity index (χ3n) is 5.84. The number of carbonyl (C=O) groups is 2. The molecule has 182 valence electrons. The molecule has 0 spiro atoms. The van der Waals surface area contributed by atoms with Crippen LogP contribution in [0.3, 0.4) is 0 Å². The summed E-state index contributed by atoms with van der Waals surface area (Å²) in [5.74, 6) is 0.150. The summed E-state index contributed by atoms with van der Waals surface area (Å²) in [7, 11) is 0. The molecule has 3 rings (SSSR count). The molecule has 1 atom stereocenters. The Morgan fingerprint density at radius 1 is 1.12 bits per heavy atom. The van der Waals surface area contributed by atoms with Crippen molar-refractivity contribution < 1.29 is 14.7 Å². The Morgan fingerprint density at radius 3 is 2.47 bits per heavy atom. The fourth-order valence-electron chi connectivity index (χ4n) is 4.16. The van der Waals surface area contributed by atoms with Gasteiger partial charge in [-0.2, -0.15) is 0 Å². The maximum absolute atomic E-state index is 13.1. The molecule has 8 heteroatoms. The second kappa shape index (κ2) is 11.2. The van der Waals surface area contributed by atoms with Crippen LogP contribution in [0.1, 0.15) is 55.1 Å². The van der Waals surface area contributed by atoms with E-state index in [1.54, 1.807) is 25.1 Å². The van der Waals surface area contributed by atoms with E-state index in [0.29, 0.717) is 18.7 Å². The lowest BCUT2D eigenvalue weighted by atomic mass is 10.0. The van der Waals surface area contributed by atoms with E-state index in [2.05, 4.69) is 24.2 Å². The number of aliphatic imine (C=N–C) groups is 1. The van der Waals surface area contributed by atoms with E-state index in [0.717, 1.165) is 37.1 Å². The normalized spacial score (nSPS) is 17.7. The fraction of sp³-hybridized carbons (Fsp3) is 0.423. The SMILES string of the molecule is CCCN(CCC)C(=O)c1cccc(CNCC2(C)N=C(N)N(Cc3cccc(O)c3)C2=O)c1. The molecule has 0 radical (unpaired) electrons. The zero-order valence-electron chi connectivity index (χ0n) is 20.3. The number of amides is 2. The molecule has 0 bridgehead atoms. The van der Waals surface area contributed by atoms with Crippen molar-refractivity contribution in [3.8, 4) is 5.75 Å². The first-order valence-corrected chi connectivity index (χ1v) is 11.8. The van der Waals surface area contributed by atoms with Gasteiger partial charge in [0.05, 0.1) is 6.54 Å². The van der Waals surface area contributed by atoms with Gasteiger partial charge >= 0.3 is 0 Å². The number of nitrogens with zero attached hydrogens (tertiary/aromatic N) is 3. The summed E-state index contributed by atoms with van der Waals surface area (Å²) < 4.78 is 0. The molecular formula is C26H35N5O3. The molecule has 0 aliphatic carbocycles. The molecule has 2 amide bonds. The monoisotopic (exact) mass is 465 g/mol. The summed E-state index contributed by atoms with van der Waals surface area (Å²) in [5.41, 5.74) is 7.45. The average Bonchev–Trinajstić information content (AvgIpc) is 3.02. The first-order valence-electron chi connectivity index (χ1n) is 11.8. The van der Waals surface area contributed by atoms with E-state index < -0.39 is 5.54 Å². The number of aromatic hydroxyl groups is 1. The van der Waals surface area contributed by atoms with Crippen molar-refractivity contribution in [2.45, 2.75) is 52.2 Å². The van der Waals surface area contributed by atoms with E-state index in [-0.39, 0.29) is 30.1 Å². The van der Waals surface area contributed by atoms with Crippen molar-refractivity contribution >= 4 is 17.8 Å². The van der Waals surface area contributed by atoms with Gasteiger partial charge in [0.1, 0.15) is 5.75 Å². The number of hydrogen-bond acceptors (Lipinski definition) is 6. The molecule has 0 fully saturated rings. The lowest BCUT2D eigenvalue weighted by Gasteiger charge is -2.23. The molecular weight excluding hydrogens is 430 g/mol. The summed E-state index contributed by atoms with van der Waals surface area (Å²) in [4.78, 5) is 33.8. The number of nitrogens with one attached hydrogen (secondary N) is 1. The van der Waals surface area contributed by atoms with Crippen LogP contribution in [0.25, 0.3) is 0 Å². The Bertz CT molecular complexity index is 1050. The number of phenolic OH excluding ortho intramolecular Hbond substituents is 1. The lowest BCUT2D eigenvalue weighted by molar-refractivity contribution is -0.131. The zero-order chi connectivity index (χ0) is 24.7. The highest BCUT2D eigenvalue weighted by Gasteiger charge is 2.43. The number of carbonyl (C=O) groups excluding carboxylic acids is 2. The third-order valence-corrected chi connectivity index (χ3v) is 5.84. The van der Waals surface area contributed by atoms with Gasteiger partial charge in [0.2, 0.25) is 0 Å². The van der Waals surface area contributed by atoms with Crippen molar-refractivity contribution in [3.63, 3.8) is 0 Å². The number of benzene rings is 2. The molecule has 4 N–H and O–H groups in total. The van der Waals surface area contributed by atoms with Gasteiger partial charge in [-0.3, -0.25) is 14.5 Å². The molecule has 34 heavy (non-hydrogen) atoms. The second-order valence-corrected chi connectivity index (χ2v) is 8.90. The van der Waals surface area contributed by atoms with Crippen molar-refractivity contribution in [2.75, 3.05) is 19.6 Å². The highest BCUT2D eigenvalue weighted by atomic mass is 16.3. The predicted molar refractivity (Wildman–Crippen MR) is 133 cm³/mol. The zero-order valence-corrected chi connectivity index (χ0v) is 20.3. The Labute approximate surface area is 201 Å². The molecule has 1 aliphatic heterocycles. The summed E-state index contributed by atoms with van der Waals surface area (Å²) >= 11 is 0. The van der Waals surface area contributed by atoms with Crippen LogP contribution in [0.15, 0.2) is 53.5 Å². The maximum atomic E-state index is 13.1. The molecule has 0 aromatic heterocycles. The van der Waals surface area contributed by atoms with Crippen molar-refractivity contribution in [3.05, 3.63) is 65.2 Å². The Kier molecular flexibility index (Phi) is 8.28. The van der Waals surface area contributed by atoms with Gasteiger partial charge < -0.3 is 21.1 Å². The molecule has 0 saturated heterocycles. The topological polar surface area (TPSA) is 111 Å². The standard InChI is InChI=1S/C26H35N5O3/c1-4-12-30(13-5-2)23(33)21-10-6-8-19(14-21)16-28-18-26(3)24(34)31(25(27)29-26)17-20-9-7-11-22(32)15-20/h6-11,14-15,28,32H,4-5,12-13,16-18H2,1-3H3,(H2,27,29).